The van der Waals surface area contributed by atoms with Crippen LogP contribution in [0.2, 0.25) is 0 Å². The Bertz CT molecular complexity index is 912. The molecule has 4 heterocycles. The average molecular weight is 472 g/mol. The fourth-order valence-electron chi connectivity index (χ4n) is 3.27. The van der Waals surface area contributed by atoms with Crippen molar-refractivity contribution in [3.63, 3.8) is 0 Å². The number of benzene rings is 1. The van der Waals surface area contributed by atoms with Gasteiger partial charge in [0.25, 0.3) is 0 Å². The SMILES string of the molecule is C1=C(CSC2=Nc3ccccc3CN2)N2CC(Cc3cccs3)N=C2S1.Cl.Cl. The first kappa shape index (κ1) is 21.6. The molecule has 1 unspecified atom stereocenters. The van der Waals surface area contributed by atoms with Crippen molar-refractivity contribution in [3.8, 4) is 0 Å². The highest BCUT2D eigenvalue weighted by molar-refractivity contribution is 8.17. The van der Waals surface area contributed by atoms with Crippen molar-refractivity contribution < 1.29 is 0 Å². The van der Waals surface area contributed by atoms with E-state index in [9.17, 15) is 0 Å². The van der Waals surface area contributed by atoms with Gasteiger partial charge in [-0.15, -0.1) is 36.2 Å². The van der Waals surface area contributed by atoms with Crippen LogP contribution in [0.5, 0.6) is 0 Å². The second kappa shape index (κ2) is 9.59. The van der Waals surface area contributed by atoms with Crippen molar-refractivity contribution in [2.24, 2.45) is 9.98 Å². The number of para-hydroxylation sites is 1. The van der Waals surface area contributed by atoms with Gasteiger partial charge in [0.1, 0.15) is 0 Å². The van der Waals surface area contributed by atoms with Crippen molar-refractivity contribution >= 4 is 75.7 Å². The van der Waals surface area contributed by atoms with E-state index in [1.54, 1.807) is 23.5 Å². The largest absolute Gasteiger partial charge is 0.360 e. The Kier molecular flexibility index (Phi) is 7.39. The van der Waals surface area contributed by atoms with Crippen LogP contribution in [-0.4, -0.2) is 33.6 Å². The molecule has 28 heavy (non-hydrogen) atoms. The monoisotopic (exact) mass is 470 g/mol. The number of hydrogen-bond acceptors (Lipinski definition) is 7. The first-order chi connectivity index (χ1) is 12.8. The summed E-state index contributed by atoms with van der Waals surface area (Å²) in [6, 6.07) is 13.0. The van der Waals surface area contributed by atoms with Gasteiger partial charge >= 0.3 is 0 Å². The molecule has 4 nitrogen and oxygen atoms in total. The lowest BCUT2D eigenvalue weighted by molar-refractivity contribution is 0.514. The van der Waals surface area contributed by atoms with Crippen LogP contribution in [0.3, 0.4) is 0 Å². The zero-order valence-corrected chi connectivity index (χ0v) is 19.0. The number of thiophene rings is 1. The molecule has 0 aliphatic carbocycles. The highest BCUT2D eigenvalue weighted by Crippen LogP contribution is 2.34. The van der Waals surface area contributed by atoms with Gasteiger partial charge in [0.15, 0.2) is 10.3 Å². The number of nitrogens with zero attached hydrogens (tertiary/aromatic N) is 3. The zero-order valence-electron chi connectivity index (χ0n) is 14.9. The summed E-state index contributed by atoms with van der Waals surface area (Å²) in [6.07, 6.45) is 1.05. The Morgan fingerprint density at radius 2 is 2.07 bits per heavy atom. The maximum absolute atomic E-state index is 4.90. The highest BCUT2D eigenvalue weighted by atomic mass is 35.5. The third-order valence-electron chi connectivity index (χ3n) is 4.58. The van der Waals surface area contributed by atoms with E-state index >= 15 is 0 Å². The van der Waals surface area contributed by atoms with Gasteiger partial charge in [-0.2, -0.15) is 0 Å². The van der Waals surface area contributed by atoms with Crippen molar-refractivity contribution in [2.45, 2.75) is 19.0 Å². The van der Waals surface area contributed by atoms with Crippen LogP contribution >= 0.6 is 59.7 Å². The number of fused-ring (bicyclic) bond motifs is 2. The number of halogens is 2. The summed E-state index contributed by atoms with van der Waals surface area (Å²) >= 11 is 5.36. The smallest absolute Gasteiger partial charge is 0.168 e. The fourth-order valence-corrected chi connectivity index (χ4v) is 6.00. The third kappa shape index (κ3) is 4.54. The lowest BCUT2D eigenvalue weighted by atomic mass is 10.1. The fraction of sp³-hybridized carbons (Fsp3) is 0.263. The van der Waals surface area contributed by atoms with E-state index in [-0.39, 0.29) is 24.8 Å². The number of thioether (sulfide) groups is 2. The summed E-state index contributed by atoms with van der Waals surface area (Å²) in [5.74, 6) is 0.922. The molecule has 2 aromatic rings. The van der Waals surface area contributed by atoms with E-state index < -0.39 is 0 Å². The van der Waals surface area contributed by atoms with Crippen LogP contribution in [0.25, 0.3) is 0 Å². The van der Waals surface area contributed by atoms with Gasteiger partial charge in [-0.25, -0.2) is 4.99 Å². The lowest BCUT2D eigenvalue weighted by Crippen LogP contribution is -2.27. The van der Waals surface area contributed by atoms with Crippen LogP contribution < -0.4 is 5.32 Å². The molecular weight excluding hydrogens is 451 g/mol. The molecule has 0 saturated heterocycles. The zero-order chi connectivity index (χ0) is 17.3. The molecule has 0 amide bonds. The van der Waals surface area contributed by atoms with E-state index in [1.165, 1.54) is 16.1 Å². The molecule has 0 saturated carbocycles. The summed E-state index contributed by atoms with van der Waals surface area (Å²) in [6.45, 7) is 1.85. The molecule has 9 heteroatoms. The summed E-state index contributed by atoms with van der Waals surface area (Å²) in [7, 11) is 0. The minimum Gasteiger partial charge on any atom is -0.360 e. The van der Waals surface area contributed by atoms with Gasteiger partial charge < -0.3 is 10.2 Å². The molecule has 3 aliphatic heterocycles. The standard InChI is InChI=1S/C19H18N4S3.2ClH/c1-2-6-17-13(4-1)9-20-18(22-17)25-11-15-12-26-19-21-14(10-23(15)19)8-16-5-3-7-24-16;;/h1-7,12,14H,8-11H2,(H,20,22);2*1H. The number of aliphatic imine (C=N–C) groups is 2. The van der Waals surface area contributed by atoms with E-state index in [4.69, 9.17) is 9.98 Å². The molecule has 1 aromatic carbocycles. The highest BCUT2D eigenvalue weighted by Gasteiger charge is 2.32. The minimum atomic E-state index is 0. The summed E-state index contributed by atoms with van der Waals surface area (Å²) < 4.78 is 0. The molecule has 1 N–H and O–H groups in total. The van der Waals surface area contributed by atoms with Crippen molar-refractivity contribution in [2.75, 3.05) is 12.3 Å². The number of hydrogen-bond donors (Lipinski definition) is 1. The molecule has 148 valence electrons. The Balaban J connectivity index is 0.00000112. The van der Waals surface area contributed by atoms with Gasteiger partial charge in [-0.3, -0.25) is 4.99 Å². The first-order valence-electron chi connectivity index (χ1n) is 8.62. The predicted molar refractivity (Wildman–Crippen MR) is 129 cm³/mol. The third-order valence-corrected chi connectivity index (χ3v) is 7.36. The second-order valence-electron chi connectivity index (χ2n) is 6.37. The number of nitrogens with one attached hydrogen (secondary N) is 1. The van der Waals surface area contributed by atoms with E-state index in [2.05, 4.69) is 51.3 Å². The number of amidine groups is 2. The Hall–Kier alpha value is -1.12. The number of rotatable bonds is 4. The van der Waals surface area contributed by atoms with Gasteiger partial charge in [0, 0.05) is 35.8 Å². The molecule has 0 bridgehead atoms. The van der Waals surface area contributed by atoms with Gasteiger partial charge in [0.2, 0.25) is 0 Å². The average Bonchev–Trinajstić information content (AvgIpc) is 3.38. The molecule has 0 radical (unpaired) electrons. The Morgan fingerprint density at radius 3 is 2.93 bits per heavy atom. The predicted octanol–water partition coefficient (Wildman–Crippen LogP) is 5.29. The summed E-state index contributed by atoms with van der Waals surface area (Å²) in [4.78, 5) is 13.5. The molecule has 1 atom stereocenters. The summed E-state index contributed by atoms with van der Waals surface area (Å²) in [5.41, 5.74) is 3.69. The summed E-state index contributed by atoms with van der Waals surface area (Å²) in [5, 5.41) is 9.98. The normalized spacial score (nSPS) is 19.4. The van der Waals surface area contributed by atoms with Crippen LogP contribution in [0.15, 0.2) is 62.9 Å². The Labute approximate surface area is 189 Å². The van der Waals surface area contributed by atoms with Gasteiger partial charge in [-0.05, 0) is 28.5 Å². The van der Waals surface area contributed by atoms with Crippen LogP contribution in [0.1, 0.15) is 10.4 Å². The van der Waals surface area contributed by atoms with Crippen LogP contribution in [-0.2, 0) is 13.0 Å². The molecular formula is C19H20Cl2N4S3. The maximum Gasteiger partial charge on any atom is 0.168 e. The van der Waals surface area contributed by atoms with Crippen molar-refractivity contribution in [3.05, 3.63) is 63.3 Å². The van der Waals surface area contributed by atoms with E-state index in [0.717, 1.165) is 41.3 Å². The molecule has 0 fully saturated rings. The molecule has 0 spiro atoms. The maximum atomic E-state index is 4.90. The van der Waals surface area contributed by atoms with Crippen LogP contribution in [0.4, 0.5) is 5.69 Å². The van der Waals surface area contributed by atoms with Crippen molar-refractivity contribution in [1.82, 2.24) is 10.2 Å². The Morgan fingerprint density at radius 1 is 1.18 bits per heavy atom. The molecule has 1 aromatic heterocycles. The van der Waals surface area contributed by atoms with Crippen LogP contribution in [0, 0.1) is 0 Å². The second-order valence-corrected chi connectivity index (χ2v) is 9.21. The van der Waals surface area contributed by atoms with Crippen molar-refractivity contribution in [1.29, 1.82) is 0 Å². The minimum absolute atomic E-state index is 0. The first-order valence-corrected chi connectivity index (χ1v) is 11.4. The van der Waals surface area contributed by atoms with Gasteiger partial charge in [-0.1, -0.05) is 47.8 Å². The van der Waals surface area contributed by atoms with E-state index in [0.29, 0.717) is 6.04 Å². The molecule has 5 rings (SSSR count). The van der Waals surface area contributed by atoms with E-state index in [1.807, 2.05) is 17.4 Å². The molecule has 3 aliphatic rings. The quantitative estimate of drug-likeness (QED) is 0.658. The van der Waals surface area contributed by atoms with Gasteiger partial charge in [0.05, 0.1) is 11.7 Å². The topological polar surface area (TPSA) is 40.0 Å². The lowest BCUT2D eigenvalue weighted by Gasteiger charge is -2.20.